The van der Waals surface area contributed by atoms with Crippen LogP contribution >= 0.6 is 22.9 Å². The summed E-state index contributed by atoms with van der Waals surface area (Å²) in [6, 6.07) is 14.7. The number of rotatable bonds is 5. The van der Waals surface area contributed by atoms with Crippen molar-refractivity contribution in [3.05, 3.63) is 82.9 Å². The van der Waals surface area contributed by atoms with E-state index < -0.39 is 5.82 Å². The third-order valence-corrected chi connectivity index (χ3v) is 5.64. The van der Waals surface area contributed by atoms with Gasteiger partial charge >= 0.3 is 0 Å². The van der Waals surface area contributed by atoms with Crippen molar-refractivity contribution in [2.75, 3.05) is 12.0 Å². The lowest BCUT2D eigenvalue weighted by molar-refractivity contribution is 0.0985. The Kier molecular flexibility index (Phi) is 5.42. The van der Waals surface area contributed by atoms with E-state index >= 15 is 0 Å². The van der Waals surface area contributed by atoms with Crippen molar-refractivity contribution in [1.82, 2.24) is 9.97 Å². The molecule has 0 unspecified atom stereocenters. The molecule has 0 fully saturated rings. The highest BCUT2D eigenvalue weighted by Gasteiger charge is 2.24. The molecule has 8 heteroatoms. The van der Waals surface area contributed by atoms with E-state index in [9.17, 15) is 9.18 Å². The number of fused-ring (bicyclic) bond motifs is 1. The number of anilines is 1. The Morgan fingerprint density at radius 3 is 2.79 bits per heavy atom. The summed E-state index contributed by atoms with van der Waals surface area (Å²) in [5.41, 5.74) is 1.60. The van der Waals surface area contributed by atoms with Crippen LogP contribution in [-0.2, 0) is 6.54 Å². The third kappa shape index (κ3) is 4.06. The van der Waals surface area contributed by atoms with E-state index in [2.05, 4.69) is 9.97 Å². The molecule has 0 N–H and O–H groups in total. The van der Waals surface area contributed by atoms with Crippen LogP contribution in [0.4, 0.5) is 9.52 Å². The van der Waals surface area contributed by atoms with Crippen LogP contribution in [0, 0.1) is 5.82 Å². The molecule has 1 amide bonds. The second kappa shape index (κ2) is 8.14. The van der Waals surface area contributed by atoms with Crippen LogP contribution in [0.5, 0.6) is 5.75 Å². The summed E-state index contributed by atoms with van der Waals surface area (Å²) >= 11 is 7.51. The number of carbonyl (C=O) groups excluding carboxylic acids is 1. The maximum Gasteiger partial charge on any atom is 0.261 e. The molecule has 2 aromatic heterocycles. The SMILES string of the molecule is COc1ccc2sc(N(Cc3ccccn3)C(=O)c3ccc(F)cc3Cl)nc2c1. The number of hydrogen-bond donors (Lipinski definition) is 0. The number of ether oxygens (including phenoxy) is 1. The maximum absolute atomic E-state index is 13.5. The first-order valence-electron chi connectivity index (χ1n) is 8.66. The van der Waals surface area contributed by atoms with Crippen LogP contribution in [0.3, 0.4) is 0 Å². The number of pyridine rings is 1. The van der Waals surface area contributed by atoms with Crippen molar-refractivity contribution in [1.29, 1.82) is 0 Å². The van der Waals surface area contributed by atoms with Gasteiger partial charge in [-0.15, -0.1) is 0 Å². The number of hydrogen-bond acceptors (Lipinski definition) is 5. The molecule has 29 heavy (non-hydrogen) atoms. The van der Waals surface area contributed by atoms with Gasteiger partial charge in [0.2, 0.25) is 0 Å². The van der Waals surface area contributed by atoms with Crippen LogP contribution in [0.1, 0.15) is 16.1 Å². The Balaban J connectivity index is 1.78. The van der Waals surface area contributed by atoms with Crippen LogP contribution in [0.15, 0.2) is 60.8 Å². The monoisotopic (exact) mass is 427 g/mol. The Bertz CT molecular complexity index is 1180. The van der Waals surface area contributed by atoms with Crippen LogP contribution < -0.4 is 9.64 Å². The van der Waals surface area contributed by atoms with Gasteiger partial charge in [0.05, 0.1) is 40.2 Å². The minimum absolute atomic E-state index is 0.0452. The van der Waals surface area contributed by atoms with Crippen molar-refractivity contribution in [2.45, 2.75) is 6.54 Å². The second-order valence-corrected chi connectivity index (χ2v) is 7.58. The number of amides is 1. The first-order valence-corrected chi connectivity index (χ1v) is 9.86. The number of thiazole rings is 1. The zero-order chi connectivity index (χ0) is 20.4. The third-order valence-electron chi connectivity index (χ3n) is 4.27. The standard InChI is InChI=1S/C21H15ClFN3O2S/c1-28-15-6-8-19-18(11-15)25-21(29-19)26(12-14-4-2-3-9-24-14)20(27)16-7-5-13(23)10-17(16)22/h2-11H,12H2,1H3. The van der Waals surface area contributed by atoms with Gasteiger partial charge in [-0.2, -0.15) is 0 Å². The number of carbonyl (C=O) groups is 1. The van der Waals surface area contributed by atoms with Gasteiger partial charge in [0, 0.05) is 12.3 Å². The molecule has 146 valence electrons. The zero-order valence-corrected chi connectivity index (χ0v) is 16.9. The average molecular weight is 428 g/mol. The van der Waals surface area contributed by atoms with Crippen molar-refractivity contribution in [3.63, 3.8) is 0 Å². The van der Waals surface area contributed by atoms with E-state index in [1.54, 1.807) is 19.4 Å². The molecule has 0 aliphatic carbocycles. The molecule has 0 saturated carbocycles. The van der Waals surface area contributed by atoms with E-state index in [4.69, 9.17) is 16.3 Å². The van der Waals surface area contributed by atoms with Crippen molar-refractivity contribution < 1.29 is 13.9 Å². The fourth-order valence-corrected chi connectivity index (χ4v) is 4.02. The predicted octanol–water partition coefficient (Wildman–Crippen LogP) is 5.34. The Labute approximate surface area is 175 Å². The van der Waals surface area contributed by atoms with Gasteiger partial charge in [-0.05, 0) is 42.5 Å². The molecule has 5 nitrogen and oxygen atoms in total. The lowest BCUT2D eigenvalue weighted by Gasteiger charge is -2.20. The Hall–Kier alpha value is -3.03. The summed E-state index contributed by atoms with van der Waals surface area (Å²) in [5.74, 6) is -0.208. The quantitative estimate of drug-likeness (QED) is 0.431. The number of halogens is 2. The van der Waals surface area contributed by atoms with Crippen molar-refractivity contribution in [3.8, 4) is 5.75 Å². The smallest absolute Gasteiger partial charge is 0.261 e. The van der Waals surface area contributed by atoms with E-state index in [1.807, 2.05) is 30.3 Å². The summed E-state index contributed by atoms with van der Waals surface area (Å²) in [4.78, 5) is 23.7. The van der Waals surface area contributed by atoms with Crippen LogP contribution in [0.25, 0.3) is 10.2 Å². The van der Waals surface area contributed by atoms with E-state index in [1.165, 1.54) is 28.4 Å². The fourth-order valence-electron chi connectivity index (χ4n) is 2.83. The number of methoxy groups -OCH3 is 1. The first-order chi connectivity index (χ1) is 14.0. The van der Waals surface area contributed by atoms with Crippen molar-refractivity contribution in [2.24, 2.45) is 0 Å². The molecule has 0 aliphatic heterocycles. The van der Waals surface area contributed by atoms with Crippen LogP contribution in [-0.4, -0.2) is 23.0 Å². The zero-order valence-electron chi connectivity index (χ0n) is 15.3. The molecule has 0 aliphatic rings. The molecule has 2 aromatic carbocycles. The van der Waals surface area contributed by atoms with E-state index in [0.29, 0.717) is 22.1 Å². The van der Waals surface area contributed by atoms with Gasteiger partial charge < -0.3 is 4.74 Å². The van der Waals surface area contributed by atoms with E-state index in [-0.39, 0.29) is 23.0 Å². The topological polar surface area (TPSA) is 55.3 Å². The second-order valence-electron chi connectivity index (χ2n) is 6.17. The maximum atomic E-state index is 13.5. The summed E-state index contributed by atoms with van der Waals surface area (Å²) in [6.45, 7) is 0.199. The largest absolute Gasteiger partial charge is 0.497 e. The van der Waals surface area contributed by atoms with Crippen molar-refractivity contribution >= 4 is 44.2 Å². The molecule has 0 atom stereocenters. The molecule has 0 spiro atoms. The number of aromatic nitrogens is 2. The van der Waals surface area contributed by atoms with Gasteiger partial charge in [0.1, 0.15) is 11.6 Å². The first kappa shape index (κ1) is 19.3. The molecular weight excluding hydrogens is 413 g/mol. The summed E-state index contributed by atoms with van der Waals surface area (Å²) < 4.78 is 19.6. The van der Waals surface area contributed by atoms with Gasteiger partial charge in [0.25, 0.3) is 5.91 Å². The molecule has 4 aromatic rings. The highest BCUT2D eigenvalue weighted by molar-refractivity contribution is 7.22. The minimum Gasteiger partial charge on any atom is -0.497 e. The normalized spacial score (nSPS) is 10.9. The van der Waals surface area contributed by atoms with Gasteiger partial charge in [0.15, 0.2) is 5.13 Å². The molecule has 0 saturated heterocycles. The predicted molar refractivity (Wildman–Crippen MR) is 112 cm³/mol. The van der Waals surface area contributed by atoms with Gasteiger partial charge in [-0.3, -0.25) is 14.7 Å². The molecule has 2 heterocycles. The van der Waals surface area contributed by atoms with Gasteiger partial charge in [-0.1, -0.05) is 29.0 Å². The average Bonchev–Trinajstić information content (AvgIpc) is 3.15. The molecule has 0 radical (unpaired) electrons. The Morgan fingerprint density at radius 2 is 2.07 bits per heavy atom. The fraction of sp³-hybridized carbons (Fsp3) is 0.0952. The van der Waals surface area contributed by atoms with E-state index in [0.717, 1.165) is 10.8 Å². The minimum atomic E-state index is -0.505. The Morgan fingerprint density at radius 1 is 1.21 bits per heavy atom. The molecular formula is C21H15ClFN3O2S. The number of benzene rings is 2. The number of nitrogens with zero attached hydrogens (tertiary/aromatic N) is 3. The highest BCUT2D eigenvalue weighted by atomic mass is 35.5. The lowest BCUT2D eigenvalue weighted by Crippen LogP contribution is -2.31. The molecule has 4 rings (SSSR count). The highest BCUT2D eigenvalue weighted by Crippen LogP contribution is 2.33. The summed E-state index contributed by atoms with van der Waals surface area (Å²) in [5, 5.41) is 0.535. The summed E-state index contributed by atoms with van der Waals surface area (Å²) in [6.07, 6.45) is 1.66. The van der Waals surface area contributed by atoms with Crippen LogP contribution in [0.2, 0.25) is 5.02 Å². The molecule has 0 bridgehead atoms. The summed E-state index contributed by atoms with van der Waals surface area (Å²) in [7, 11) is 1.59. The lowest BCUT2D eigenvalue weighted by atomic mass is 10.2. The van der Waals surface area contributed by atoms with Gasteiger partial charge in [-0.25, -0.2) is 9.37 Å².